The third-order valence-electron chi connectivity index (χ3n) is 4.69. The van der Waals surface area contributed by atoms with Crippen LogP contribution >= 0.6 is 11.6 Å². The van der Waals surface area contributed by atoms with Gasteiger partial charge < -0.3 is 15.7 Å². The average Bonchev–Trinajstić information content (AvgIpc) is 3.11. The fourth-order valence-electron chi connectivity index (χ4n) is 3.27. The molecule has 7 heteroatoms. The molecule has 1 saturated carbocycles. The standard InChI is InChI=1S/C19H25ClN2O4/c20-15-8-6-14(7-9-15)16(11-19(25)26)22-18(24)12-21-17(23)10-5-13-3-1-2-4-13/h6-9,13,16H,1-5,10-12H2,(H,21,23)(H,22,24)(H,25,26)/t16-/m0/s1. The summed E-state index contributed by atoms with van der Waals surface area (Å²) in [5.41, 5.74) is 0.651. The SMILES string of the molecule is O=C(O)C[C@H](NC(=O)CNC(=O)CCC1CCCC1)c1ccc(Cl)cc1. The third-order valence-corrected chi connectivity index (χ3v) is 4.94. The zero-order chi connectivity index (χ0) is 18.9. The van der Waals surface area contributed by atoms with E-state index in [0.29, 0.717) is 22.9 Å². The average molecular weight is 381 g/mol. The highest BCUT2D eigenvalue weighted by atomic mass is 35.5. The van der Waals surface area contributed by atoms with Gasteiger partial charge in [0.25, 0.3) is 0 Å². The fraction of sp³-hybridized carbons (Fsp3) is 0.526. The van der Waals surface area contributed by atoms with Crippen molar-refractivity contribution >= 4 is 29.4 Å². The van der Waals surface area contributed by atoms with Gasteiger partial charge in [0, 0.05) is 11.4 Å². The fourth-order valence-corrected chi connectivity index (χ4v) is 3.39. The molecule has 1 aliphatic rings. The Kier molecular flexibility index (Phi) is 7.91. The lowest BCUT2D eigenvalue weighted by Crippen LogP contribution is -2.39. The van der Waals surface area contributed by atoms with Gasteiger partial charge in [0.05, 0.1) is 19.0 Å². The van der Waals surface area contributed by atoms with Crippen molar-refractivity contribution in [1.29, 1.82) is 0 Å². The number of carbonyl (C=O) groups excluding carboxylic acids is 2. The van der Waals surface area contributed by atoms with E-state index in [0.717, 1.165) is 6.42 Å². The highest BCUT2D eigenvalue weighted by Crippen LogP contribution is 2.28. The Bertz CT molecular complexity index is 627. The van der Waals surface area contributed by atoms with Gasteiger partial charge in [-0.15, -0.1) is 0 Å². The van der Waals surface area contributed by atoms with Crippen molar-refractivity contribution < 1.29 is 19.5 Å². The van der Waals surface area contributed by atoms with Crippen LogP contribution in [0.2, 0.25) is 5.02 Å². The van der Waals surface area contributed by atoms with Gasteiger partial charge in [-0.1, -0.05) is 49.4 Å². The minimum absolute atomic E-state index is 0.145. The van der Waals surface area contributed by atoms with Crippen molar-refractivity contribution in [1.82, 2.24) is 10.6 Å². The molecule has 0 unspecified atom stereocenters. The Hall–Kier alpha value is -2.08. The number of rotatable bonds is 9. The Morgan fingerprint density at radius 2 is 1.77 bits per heavy atom. The summed E-state index contributed by atoms with van der Waals surface area (Å²) < 4.78 is 0. The van der Waals surface area contributed by atoms with Gasteiger partial charge in [0.2, 0.25) is 11.8 Å². The first-order valence-corrected chi connectivity index (χ1v) is 9.35. The topological polar surface area (TPSA) is 95.5 Å². The lowest BCUT2D eigenvalue weighted by Gasteiger charge is -2.18. The van der Waals surface area contributed by atoms with Crippen LogP contribution in [0.1, 0.15) is 56.6 Å². The summed E-state index contributed by atoms with van der Waals surface area (Å²) in [5, 5.41) is 14.9. The minimum atomic E-state index is -1.02. The maximum Gasteiger partial charge on any atom is 0.305 e. The number of aliphatic carboxylic acids is 1. The summed E-state index contributed by atoms with van der Waals surface area (Å²) >= 11 is 5.84. The number of hydrogen-bond donors (Lipinski definition) is 3. The number of halogens is 1. The zero-order valence-electron chi connectivity index (χ0n) is 14.7. The summed E-state index contributed by atoms with van der Waals surface area (Å²) in [6.07, 6.45) is 5.89. The van der Waals surface area contributed by atoms with E-state index in [4.69, 9.17) is 16.7 Å². The molecule has 0 spiro atoms. The summed E-state index contributed by atoms with van der Waals surface area (Å²) in [5.74, 6) is -0.959. The van der Waals surface area contributed by atoms with Crippen molar-refractivity contribution in [2.75, 3.05) is 6.54 Å². The van der Waals surface area contributed by atoms with Gasteiger partial charge in [-0.25, -0.2) is 0 Å². The quantitative estimate of drug-likeness (QED) is 0.613. The lowest BCUT2D eigenvalue weighted by molar-refractivity contribution is -0.138. The first-order valence-electron chi connectivity index (χ1n) is 8.97. The van der Waals surface area contributed by atoms with Gasteiger partial charge in [0.15, 0.2) is 0 Å². The molecule has 0 bridgehead atoms. The monoisotopic (exact) mass is 380 g/mol. The Morgan fingerprint density at radius 3 is 2.38 bits per heavy atom. The highest BCUT2D eigenvalue weighted by Gasteiger charge is 2.19. The van der Waals surface area contributed by atoms with Crippen molar-refractivity contribution in [3.8, 4) is 0 Å². The van der Waals surface area contributed by atoms with Crippen molar-refractivity contribution in [3.05, 3.63) is 34.9 Å². The van der Waals surface area contributed by atoms with E-state index in [1.54, 1.807) is 24.3 Å². The number of carbonyl (C=O) groups is 3. The molecule has 0 aliphatic heterocycles. The molecule has 2 amide bonds. The Labute approximate surface area is 158 Å². The van der Waals surface area contributed by atoms with Gasteiger partial charge in [0.1, 0.15) is 0 Å². The number of nitrogens with one attached hydrogen (secondary N) is 2. The number of carboxylic acids is 1. The third kappa shape index (κ3) is 7.04. The molecule has 0 aromatic heterocycles. The van der Waals surface area contributed by atoms with Crippen molar-refractivity contribution in [3.63, 3.8) is 0 Å². The Balaban J connectivity index is 1.79. The summed E-state index contributed by atoms with van der Waals surface area (Å²) in [4.78, 5) is 35.0. The van der Waals surface area contributed by atoms with Crippen LogP contribution in [-0.4, -0.2) is 29.4 Å². The van der Waals surface area contributed by atoms with E-state index in [1.807, 2.05) is 0 Å². The van der Waals surface area contributed by atoms with Crippen LogP contribution in [-0.2, 0) is 14.4 Å². The molecule has 0 heterocycles. The van der Waals surface area contributed by atoms with E-state index in [2.05, 4.69) is 10.6 Å². The molecule has 6 nitrogen and oxygen atoms in total. The van der Waals surface area contributed by atoms with Gasteiger partial charge in [-0.05, 0) is 30.0 Å². The normalized spacial score (nSPS) is 15.4. The van der Waals surface area contributed by atoms with Crippen LogP contribution in [0.3, 0.4) is 0 Å². The van der Waals surface area contributed by atoms with Crippen LogP contribution in [0.15, 0.2) is 24.3 Å². The molecule has 1 aromatic rings. The molecule has 142 valence electrons. The maximum atomic E-state index is 12.1. The van der Waals surface area contributed by atoms with E-state index >= 15 is 0 Å². The van der Waals surface area contributed by atoms with Crippen LogP contribution in [0.25, 0.3) is 0 Å². The second-order valence-electron chi connectivity index (χ2n) is 6.74. The molecule has 26 heavy (non-hydrogen) atoms. The van der Waals surface area contributed by atoms with E-state index in [9.17, 15) is 14.4 Å². The largest absolute Gasteiger partial charge is 0.481 e. The first-order chi connectivity index (χ1) is 12.4. The van der Waals surface area contributed by atoms with Crippen LogP contribution in [0.4, 0.5) is 0 Å². The van der Waals surface area contributed by atoms with E-state index in [1.165, 1.54) is 25.7 Å². The minimum Gasteiger partial charge on any atom is -0.481 e. The van der Waals surface area contributed by atoms with Crippen LogP contribution in [0, 0.1) is 5.92 Å². The summed E-state index contributed by atoms with van der Waals surface area (Å²) in [7, 11) is 0. The zero-order valence-corrected chi connectivity index (χ0v) is 15.4. The first kappa shape index (κ1) is 20.2. The van der Waals surface area contributed by atoms with Crippen LogP contribution in [0.5, 0.6) is 0 Å². The molecule has 1 atom stereocenters. The van der Waals surface area contributed by atoms with Gasteiger partial charge in [-0.2, -0.15) is 0 Å². The predicted molar refractivity (Wildman–Crippen MR) is 98.8 cm³/mol. The molecule has 1 fully saturated rings. The number of hydrogen-bond acceptors (Lipinski definition) is 3. The second kappa shape index (κ2) is 10.2. The van der Waals surface area contributed by atoms with Gasteiger partial charge >= 0.3 is 5.97 Å². The van der Waals surface area contributed by atoms with Crippen molar-refractivity contribution in [2.24, 2.45) is 5.92 Å². The van der Waals surface area contributed by atoms with E-state index < -0.39 is 17.9 Å². The molecule has 1 aliphatic carbocycles. The lowest BCUT2D eigenvalue weighted by atomic mass is 10.0. The van der Waals surface area contributed by atoms with Crippen LogP contribution < -0.4 is 10.6 Å². The molecule has 0 saturated heterocycles. The second-order valence-corrected chi connectivity index (χ2v) is 7.17. The molecular formula is C19H25ClN2O4. The smallest absolute Gasteiger partial charge is 0.305 e. The molecule has 2 rings (SSSR count). The van der Waals surface area contributed by atoms with Gasteiger partial charge in [-0.3, -0.25) is 14.4 Å². The maximum absolute atomic E-state index is 12.1. The number of amides is 2. The number of carboxylic acid groups (broad SMARTS) is 1. The van der Waals surface area contributed by atoms with E-state index in [-0.39, 0.29) is 18.9 Å². The number of benzene rings is 1. The molecule has 1 aromatic carbocycles. The van der Waals surface area contributed by atoms with Crippen molar-refractivity contribution in [2.45, 2.75) is 51.0 Å². The molecule has 3 N–H and O–H groups in total. The molecular weight excluding hydrogens is 356 g/mol. The highest BCUT2D eigenvalue weighted by molar-refractivity contribution is 6.30. The molecule has 0 radical (unpaired) electrons. The predicted octanol–water partition coefficient (Wildman–Crippen LogP) is 3.06. The summed E-state index contributed by atoms with van der Waals surface area (Å²) in [6, 6.07) is 5.96. The summed E-state index contributed by atoms with van der Waals surface area (Å²) in [6.45, 7) is -0.160. The Morgan fingerprint density at radius 1 is 1.12 bits per heavy atom.